The number of rotatable bonds is 7. The summed E-state index contributed by atoms with van der Waals surface area (Å²) in [4.78, 5) is 26.4. The Kier molecular flexibility index (Phi) is 5.44. The summed E-state index contributed by atoms with van der Waals surface area (Å²) >= 11 is 0. The van der Waals surface area contributed by atoms with E-state index in [1.807, 2.05) is 18.9 Å². The Bertz CT molecular complexity index is 1050. The van der Waals surface area contributed by atoms with Crippen LogP contribution in [0.5, 0.6) is 5.75 Å². The second-order valence-electron chi connectivity index (χ2n) is 8.25. The van der Waals surface area contributed by atoms with Crippen LogP contribution >= 0.6 is 0 Å². The molecule has 2 aliphatic rings. The number of aromatic nitrogens is 1. The van der Waals surface area contributed by atoms with Gasteiger partial charge in [-0.05, 0) is 52.1 Å². The first-order valence-corrected chi connectivity index (χ1v) is 10.6. The van der Waals surface area contributed by atoms with Crippen LogP contribution in [0.2, 0.25) is 0 Å². The van der Waals surface area contributed by atoms with Crippen molar-refractivity contribution >= 4 is 22.6 Å². The summed E-state index contributed by atoms with van der Waals surface area (Å²) in [6.45, 7) is 5.63. The number of hydrogen-bond donors (Lipinski definition) is 2. The average Bonchev–Trinajstić information content (AvgIpc) is 3.45. The van der Waals surface area contributed by atoms with Gasteiger partial charge in [0.2, 0.25) is 5.43 Å². The molecule has 0 radical (unpaired) electrons. The molecule has 2 N–H and O–H groups in total. The van der Waals surface area contributed by atoms with Crippen molar-refractivity contribution in [2.24, 2.45) is 5.92 Å². The van der Waals surface area contributed by atoms with Crippen molar-refractivity contribution in [3.05, 3.63) is 33.9 Å². The Morgan fingerprint density at radius 2 is 2.13 bits per heavy atom. The standard InChI is InChI=1S/C22H28FN3O4/c1-4-30-21-18-15(20(27)16(22(28)29)11-26(18)14-5-6-14)9-17(23)19(21)25-8-7-13(10-25)12(2)24-3/h9,11-14,24H,4-8,10H2,1-3H3,(H,28,29)/t12-,13-/m1/s1. The molecule has 0 bridgehead atoms. The van der Waals surface area contributed by atoms with Gasteiger partial charge in [0.05, 0.1) is 17.5 Å². The molecule has 30 heavy (non-hydrogen) atoms. The highest BCUT2D eigenvalue weighted by molar-refractivity contribution is 5.97. The minimum atomic E-state index is -1.30. The molecule has 4 rings (SSSR count). The van der Waals surface area contributed by atoms with Crippen LogP contribution in [-0.2, 0) is 0 Å². The van der Waals surface area contributed by atoms with Gasteiger partial charge in [-0.3, -0.25) is 4.79 Å². The molecular weight excluding hydrogens is 389 g/mol. The number of ether oxygens (including phenoxy) is 1. The van der Waals surface area contributed by atoms with Crippen molar-refractivity contribution in [1.29, 1.82) is 0 Å². The highest BCUT2D eigenvalue weighted by Crippen LogP contribution is 2.44. The number of fused-ring (bicyclic) bond motifs is 1. The van der Waals surface area contributed by atoms with Crippen molar-refractivity contribution in [3.63, 3.8) is 0 Å². The summed E-state index contributed by atoms with van der Waals surface area (Å²) in [6.07, 6.45) is 4.10. The molecule has 1 saturated heterocycles. The van der Waals surface area contributed by atoms with Gasteiger partial charge in [0, 0.05) is 31.4 Å². The summed E-state index contributed by atoms with van der Waals surface area (Å²) in [6, 6.07) is 1.59. The van der Waals surface area contributed by atoms with Crippen LogP contribution in [0.4, 0.5) is 10.1 Å². The van der Waals surface area contributed by atoms with E-state index < -0.39 is 17.2 Å². The van der Waals surface area contributed by atoms with Crippen LogP contribution in [-0.4, -0.2) is 48.4 Å². The Hall–Kier alpha value is -2.61. The number of hydrogen-bond acceptors (Lipinski definition) is 5. The van der Waals surface area contributed by atoms with Gasteiger partial charge >= 0.3 is 5.97 Å². The van der Waals surface area contributed by atoms with E-state index in [1.165, 1.54) is 12.3 Å². The Morgan fingerprint density at radius 1 is 1.40 bits per heavy atom. The second kappa shape index (κ2) is 7.91. The monoisotopic (exact) mass is 417 g/mol. The average molecular weight is 417 g/mol. The number of carboxylic acids is 1. The first-order valence-electron chi connectivity index (χ1n) is 10.6. The van der Waals surface area contributed by atoms with Crippen LogP contribution in [0.1, 0.15) is 49.5 Å². The third-order valence-corrected chi connectivity index (χ3v) is 6.36. The molecule has 1 aliphatic carbocycles. The van der Waals surface area contributed by atoms with Gasteiger partial charge in [-0.25, -0.2) is 9.18 Å². The second-order valence-corrected chi connectivity index (χ2v) is 8.25. The minimum Gasteiger partial charge on any atom is -0.489 e. The summed E-state index contributed by atoms with van der Waals surface area (Å²) in [5.74, 6) is -1.14. The van der Waals surface area contributed by atoms with Gasteiger partial charge in [0.25, 0.3) is 0 Å². The third-order valence-electron chi connectivity index (χ3n) is 6.36. The zero-order chi connectivity index (χ0) is 21.6. The molecule has 7 nitrogen and oxygen atoms in total. The van der Waals surface area contributed by atoms with Crippen LogP contribution in [0.15, 0.2) is 17.1 Å². The smallest absolute Gasteiger partial charge is 0.341 e. The topological polar surface area (TPSA) is 83.8 Å². The zero-order valence-corrected chi connectivity index (χ0v) is 17.6. The number of anilines is 1. The van der Waals surface area contributed by atoms with Crippen molar-refractivity contribution in [3.8, 4) is 5.75 Å². The summed E-state index contributed by atoms with van der Waals surface area (Å²) < 4.78 is 23.1. The van der Waals surface area contributed by atoms with E-state index in [4.69, 9.17) is 4.74 Å². The molecule has 1 aromatic heterocycles. The van der Waals surface area contributed by atoms with Gasteiger partial charge in [0.15, 0.2) is 11.6 Å². The van der Waals surface area contributed by atoms with Crippen molar-refractivity contribution < 1.29 is 19.0 Å². The third kappa shape index (κ3) is 3.43. The van der Waals surface area contributed by atoms with Gasteiger partial charge in [-0.15, -0.1) is 0 Å². The van der Waals surface area contributed by atoms with Crippen LogP contribution in [0.25, 0.3) is 10.9 Å². The fourth-order valence-electron chi connectivity index (χ4n) is 4.45. The number of aromatic carboxylic acids is 1. The lowest BCUT2D eigenvalue weighted by atomic mass is 10.0. The predicted octanol–water partition coefficient (Wildman–Crippen LogP) is 3.01. The molecule has 1 aliphatic heterocycles. The fourth-order valence-corrected chi connectivity index (χ4v) is 4.45. The lowest BCUT2D eigenvalue weighted by Crippen LogP contribution is -2.33. The summed E-state index contributed by atoms with van der Waals surface area (Å²) in [5.41, 5.74) is -0.153. The van der Waals surface area contributed by atoms with Crippen molar-refractivity contribution in [2.75, 3.05) is 31.6 Å². The zero-order valence-electron chi connectivity index (χ0n) is 17.6. The molecule has 2 atom stereocenters. The lowest BCUT2D eigenvalue weighted by Gasteiger charge is -2.26. The van der Waals surface area contributed by atoms with E-state index in [-0.39, 0.29) is 17.0 Å². The minimum absolute atomic E-state index is 0.0610. The number of benzene rings is 1. The maximum Gasteiger partial charge on any atom is 0.341 e. The first kappa shape index (κ1) is 20.7. The number of nitrogens with zero attached hydrogens (tertiary/aromatic N) is 2. The highest BCUT2D eigenvalue weighted by Gasteiger charge is 2.34. The number of carbonyl (C=O) groups is 1. The molecule has 2 fully saturated rings. The van der Waals surface area contributed by atoms with E-state index in [1.54, 1.807) is 4.57 Å². The lowest BCUT2D eigenvalue weighted by molar-refractivity contribution is 0.0694. The van der Waals surface area contributed by atoms with Crippen molar-refractivity contribution in [2.45, 2.75) is 45.2 Å². The van der Waals surface area contributed by atoms with Gasteiger partial charge in [0.1, 0.15) is 11.3 Å². The molecule has 2 heterocycles. The molecule has 0 spiro atoms. The van der Waals surface area contributed by atoms with Crippen molar-refractivity contribution in [1.82, 2.24) is 9.88 Å². The Balaban J connectivity index is 1.94. The number of carboxylic acid groups (broad SMARTS) is 1. The largest absolute Gasteiger partial charge is 0.489 e. The molecule has 162 valence electrons. The van der Waals surface area contributed by atoms with Crippen LogP contribution in [0, 0.1) is 11.7 Å². The molecule has 0 unspecified atom stereocenters. The molecule has 1 aromatic carbocycles. The van der Waals surface area contributed by atoms with Gasteiger partial charge in [-0.2, -0.15) is 0 Å². The maximum atomic E-state index is 15.4. The van der Waals surface area contributed by atoms with Gasteiger partial charge < -0.3 is 24.6 Å². The molecule has 1 saturated carbocycles. The SMILES string of the molecule is CCOc1c(N2CC[C@@H]([C@@H](C)NC)C2)c(F)cc2c(=O)c(C(=O)O)cn(C3CC3)c12. The van der Waals surface area contributed by atoms with E-state index >= 15 is 4.39 Å². The summed E-state index contributed by atoms with van der Waals surface area (Å²) in [5, 5.41) is 12.8. The van der Waals surface area contributed by atoms with Crippen LogP contribution < -0.4 is 20.4 Å². The van der Waals surface area contributed by atoms with Crippen LogP contribution in [0.3, 0.4) is 0 Å². The molecule has 2 aromatic rings. The normalized spacial score (nSPS) is 20.0. The fraction of sp³-hybridized carbons (Fsp3) is 0.545. The first-order chi connectivity index (χ1) is 14.4. The highest BCUT2D eigenvalue weighted by atomic mass is 19.1. The maximum absolute atomic E-state index is 15.4. The van der Waals surface area contributed by atoms with Gasteiger partial charge in [-0.1, -0.05) is 0 Å². The van der Waals surface area contributed by atoms with E-state index in [0.29, 0.717) is 48.6 Å². The number of pyridine rings is 1. The number of nitrogens with one attached hydrogen (secondary N) is 1. The quantitative estimate of drug-likeness (QED) is 0.721. The molecule has 0 amide bonds. The van der Waals surface area contributed by atoms with E-state index in [0.717, 1.165) is 19.3 Å². The summed E-state index contributed by atoms with van der Waals surface area (Å²) in [7, 11) is 1.92. The van der Waals surface area contributed by atoms with E-state index in [2.05, 4.69) is 12.2 Å². The Labute approximate surface area is 174 Å². The molecule has 8 heteroatoms. The molecular formula is C22H28FN3O4. The van der Waals surface area contributed by atoms with E-state index in [9.17, 15) is 14.7 Å². The Morgan fingerprint density at radius 3 is 2.73 bits per heavy atom. The predicted molar refractivity (Wildman–Crippen MR) is 113 cm³/mol. The number of halogens is 1.